The molecule has 3 atom stereocenters. The summed E-state index contributed by atoms with van der Waals surface area (Å²) in [5.74, 6) is -0.170. The van der Waals surface area contributed by atoms with E-state index in [9.17, 15) is 4.79 Å². The highest BCUT2D eigenvalue weighted by atomic mass is 16.5. The molecule has 1 heterocycles. The van der Waals surface area contributed by atoms with Crippen molar-refractivity contribution in [3.8, 4) is 0 Å². The number of nitrogens with one attached hydrogen (secondary N) is 1. The van der Waals surface area contributed by atoms with E-state index in [0.29, 0.717) is 12.1 Å². The van der Waals surface area contributed by atoms with Crippen molar-refractivity contribution < 1.29 is 14.3 Å². The standard InChI is InChI=1S/C14H26N2O3/c1-15-11(14(17)18-2)7-8-16-9-10-19-13-6-4-3-5-12(13)16/h11-13,15H,3-10H2,1-2H3. The van der Waals surface area contributed by atoms with Gasteiger partial charge < -0.3 is 14.8 Å². The summed E-state index contributed by atoms with van der Waals surface area (Å²) in [6.45, 7) is 2.74. The van der Waals surface area contributed by atoms with Gasteiger partial charge in [-0.3, -0.25) is 9.69 Å². The number of nitrogens with zero attached hydrogens (tertiary/aromatic N) is 1. The number of carbonyl (C=O) groups excluding carboxylic acids is 1. The van der Waals surface area contributed by atoms with Crippen LogP contribution in [0.1, 0.15) is 32.1 Å². The van der Waals surface area contributed by atoms with Gasteiger partial charge in [0, 0.05) is 19.1 Å². The van der Waals surface area contributed by atoms with Gasteiger partial charge in [-0.05, 0) is 26.3 Å². The third kappa shape index (κ3) is 3.68. The van der Waals surface area contributed by atoms with Crippen molar-refractivity contribution in [3.05, 3.63) is 0 Å². The van der Waals surface area contributed by atoms with Crippen LogP contribution in [0.15, 0.2) is 0 Å². The fourth-order valence-corrected chi connectivity index (χ4v) is 3.27. The van der Waals surface area contributed by atoms with Crippen molar-refractivity contribution >= 4 is 5.97 Å². The number of hydrogen-bond donors (Lipinski definition) is 1. The van der Waals surface area contributed by atoms with Gasteiger partial charge in [-0.25, -0.2) is 0 Å². The summed E-state index contributed by atoms with van der Waals surface area (Å²) >= 11 is 0. The lowest BCUT2D eigenvalue weighted by atomic mass is 9.90. The summed E-state index contributed by atoms with van der Waals surface area (Å²) in [6, 6.07) is 0.354. The number of carbonyl (C=O) groups is 1. The van der Waals surface area contributed by atoms with Crippen LogP contribution < -0.4 is 5.32 Å². The molecule has 3 unspecified atom stereocenters. The largest absolute Gasteiger partial charge is 0.468 e. The molecule has 5 nitrogen and oxygen atoms in total. The third-order valence-electron chi connectivity index (χ3n) is 4.39. The molecule has 0 aromatic rings. The fourth-order valence-electron chi connectivity index (χ4n) is 3.27. The number of ether oxygens (including phenoxy) is 2. The molecule has 2 rings (SSSR count). The lowest BCUT2D eigenvalue weighted by molar-refractivity contribution is -0.143. The lowest BCUT2D eigenvalue weighted by Crippen LogP contribution is -2.53. The molecule has 5 heteroatoms. The lowest BCUT2D eigenvalue weighted by Gasteiger charge is -2.44. The molecule has 0 spiro atoms. The van der Waals surface area contributed by atoms with Crippen LogP contribution in [0, 0.1) is 0 Å². The zero-order chi connectivity index (χ0) is 13.7. The minimum absolute atomic E-state index is 0.170. The second kappa shape index (κ2) is 7.22. The van der Waals surface area contributed by atoms with Gasteiger partial charge in [-0.15, -0.1) is 0 Å². The molecule has 1 aliphatic carbocycles. The van der Waals surface area contributed by atoms with Crippen molar-refractivity contribution in [3.63, 3.8) is 0 Å². The predicted molar refractivity (Wildman–Crippen MR) is 73.0 cm³/mol. The first kappa shape index (κ1) is 14.8. The Morgan fingerprint density at radius 2 is 2.26 bits per heavy atom. The molecule has 2 fully saturated rings. The summed E-state index contributed by atoms with van der Waals surface area (Å²) in [5.41, 5.74) is 0. The van der Waals surface area contributed by atoms with E-state index in [0.717, 1.165) is 26.1 Å². The van der Waals surface area contributed by atoms with E-state index in [4.69, 9.17) is 9.47 Å². The summed E-state index contributed by atoms with van der Waals surface area (Å²) in [7, 11) is 3.25. The number of rotatable bonds is 5. The Kier molecular flexibility index (Phi) is 5.60. The molecule has 2 aliphatic rings. The van der Waals surface area contributed by atoms with E-state index in [2.05, 4.69) is 10.2 Å². The van der Waals surface area contributed by atoms with Crippen LogP contribution >= 0.6 is 0 Å². The minimum Gasteiger partial charge on any atom is -0.468 e. The second-order valence-corrected chi connectivity index (χ2v) is 5.45. The third-order valence-corrected chi connectivity index (χ3v) is 4.39. The number of esters is 1. The number of methoxy groups -OCH3 is 1. The molecule has 110 valence electrons. The molecular formula is C14H26N2O3. The van der Waals surface area contributed by atoms with Gasteiger partial charge in [-0.1, -0.05) is 12.8 Å². The molecule has 0 amide bonds. The molecule has 0 aromatic carbocycles. The van der Waals surface area contributed by atoms with E-state index in [-0.39, 0.29) is 12.0 Å². The highest BCUT2D eigenvalue weighted by Gasteiger charge is 2.34. The van der Waals surface area contributed by atoms with Gasteiger partial charge in [-0.2, -0.15) is 0 Å². The zero-order valence-corrected chi connectivity index (χ0v) is 12.1. The smallest absolute Gasteiger partial charge is 0.322 e. The highest BCUT2D eigenvalue weighted by Crippen LogP contribution is 2.28. The molecule has 1 saturated heterocycles. The normalized spacial score (nSPS) is 29.6. The number of fused-ring (bicyclic) bond motifs is 1. The first-order valence-electron chi connectivity index (χ1n) is 7.37. The van der Waals surface area contributed by atoms with E-state index in [1.54, 1.807) is 0 Å². The van der Waals surface area contributed by atoms with Crippen LogP contribution in [-0.4, -0.2) is 62.9 Å². The van der Waals surface area contributed by atoms with Gasteiger partial charge in [0.2, 0.25) is 0 Å². The zero-order valence-electron chi connectivity index (χ0n) is 12.1. The van der Waals surface area contributed by atoms with Gasteiger partial charge in [0.05, 0.1) is 19.8 Å². The molecule has 1 N–H and O–H groups in total. The van der Waals surface area contributed by atoms with E-state index in [1.165, 1.54) is 32.8 Å². The highest BCUT2D eigenvalue weighted by molar-refractivity contribution is 5.75. The van der Waals surface area contributed by atoms with E-state index in [1.807, 2.05) is 7.05 Å². The number of hydrogen-bond acceptors (Lipinski definition) is 5. The first-order chi connectivity index (χ1) is 9.26. The van der Waals surface area contributed by atoms with Gasteiger partial charge in [0.25, 0.3) is 0 Å². The maximum Gasteiger partial charge on any atom is 0.322 e. The van der Waals surface area contributed by atoms with Crippen molar-refractivity contribution in [2.24, 2.45) is 0 Å². The Bertz CT molecular complexity index is 296. The minimum atomic E-state index is -0.199. The topological polar surface area (TPSA) is 50.8 Å². The summed E-state index contributed by atoms with van der Waals surface area (Å²) in [6.07, 6.45) is 6.21. The van der Waals surface area contributed by atoms with Crippen LogP contribution in [0.5, 0.6) is 0 Å². The summed E-state index contributed by atoms with van der Waals surface area (Å²) in [5, 5.41) is 3.03. The summed E-state index contributed by atoms with van der Waals surface area (Å²) < 4.78 is 10.7. The molecule has 0 radical (unpaired) electrons. The Morgan fingerprint density at radius 3 is 3.00 bits per heavy atom. The van der Waals surface area contributed by atoms with Crippen molar-refractivity contribution in [2.45, 2.75) is 50.3 Å². The molecule has 0 bridgehead atoms. The quantitative estimate of drug-likeness (QED) is 0.748. The Morgan fingerprint density at radius 1 is 1.47 bits per heavy atom. The maximum atomic E-state index is 11.6. The van der Waals surface area contributed by atoms with Crippen molar-refractivity contribution in [2.75, 3.05) is 33.9 Å². The number of morpholine rings is 1. The fraction of sp³-hybridized carbons (Fsp3) is 0.929. The first-order valence-corrected chi connectivity index (χ1v) is 7.37. The van der Waals surface area contributed by atoms with Crippen LogP contribution in [0.25, 0.3) is 0 Å². The predicted octanol–water partition coefficient (Wildman–Crippen LogP) is 0.781. The average Bonchev–Trinajstić information content (AvgIpc) is 2.47. The van der Waals surface area contributed by atoms with Crippen LogP contribution in [0.2, 0.25) is 0 Å². The van der Waals surface area contributed by atoms with Crippen molar-refractivity contribution in [1.82, 2.24) is 10.2 Å². The van der Waals surface area contributed by atoms with Crippen LogP contribution in [0.4, 0.5) is 0 Å². The van der Waals surface area contributed by atoms with Gasteiger partial charge in [0.15, 0.2) is 0 Å². The van der Waals surface area contributed by atoms with Crippen LogP contribution in [0.3, 0.4) is 0 Å². The molecule has 1 saturated carbocycles. The van der Waals surface area contributed by atoms with Crippen molar-refractivity contribution in [1.29, 1.82) is 0 Å². The van der Waals surface area contributed by atoms with Gasteiger partial charge in [0.1, 0.15) is 6.04 Å². The van der Waals surface area contributed by atoms with E-state index >= 15 is 0 Å². The Hall–Kier alpha value is -0.650. The average molecular weight is 270 g/mol. The summed E-state index contributed by atoms with van der Waals surface area (Å²) in [4.78, 5) is 14.1. The molecule has 0 aromatic heterocycles. The molecular weight excluding hydrogens is 244 g/mol. The Labute approximate surface area is 115 Å². The number of likely N-dealkylation sites (N-methyl/N-ethyl adjacent to an activating group) is 1. The maximum absolute atomic E-state index is 11.6. The molecule has 1 aliphatic heterocycles. The Balaban J connectivity index is 1.85. The SMILES string of the molecule is CNC(CCN1CCOC2CCCCC21)C(=O)OC. The van der Waals surface area contributed by atoms with Crippen LogP contribution in [-0.2, 0) is 14.3 Å². The molecule has 19 heavy (non-hydrogen) atoms. The van der Waals surface area contributed by atoms with E-state index < -0.39 is 0 Å². The van der Waals surface area contributed by atoms with Gasteiger partial charge >= 0.3 is 5.97 Å². The second-order valence-electron chi connectivity index (χ2n) is 5.45. The monoisotopic (exact) mass is 270 g/mol.